The van der Waals surface area contributed by atoms with Crippen LogP contribution in [0, 0.1) is 28.4 Å². The Hall–Kier alpha value is -1.87. The Kier molecular flexibility index (Phi) is 3.07. The van der Waals surface area contributed by atoms with Gasteiger partial charge in [-0.25, -0.2) is 4.98 Å². The van der Waals surface area contributed by atoms with E-state index in [2.05, 4.69) is 4.98 Å². The lowest BCUT2D eigenvalue weighted by Gasteiger charge is -2.06. The third-order valence-corrected chi connectivity index (χ3v) is 2.03. The number of pyridine rings is 1. The molecular weight excluding hydrogens is 222 g/mol. The maximum Gasteiger partial charge on any atom is 0.333 e. The smallest absolute Gasteiger partial charge is 0.333 e. The van der Waals surface area contributed by atoms with Gasteiger partial charge in [0, 0.05) is 0 Å². The average molecular weight is 228 g/mol. The fourth-order valence-electron chi connectivity index (χ4n) is 1.14. The summed E-state index contributed by atoms with van der Waals surface area (Å²) in [6.45, 7) is 1.42. The van der Waals surface area contributed by atoms with Gasteiger partial charge in [-0.05, 0) is 6.92 Å². The summed E-state index contributed by atoms with van der Waals surface area (Å²) in [5.41, 5.74) is -0.351. The number of hydrogen-bond acceptors (Lipinski definition) is 5. The van der Waals surface area contributed by atoms with Crippen LogP contribution in [0.15, 0.2) is 0 Å². The van der Waals surface area contributed by atoms with Crippen LogP contribution in [0.2, 0.25) is 5.15 Å². The number of nitrogens with zero attached hydrogens (tertiary/aromatic N) is 3. The summed E-state index contributed by atoms with van der Waals surface area (Å²) in [6, 6.07) is 1.71. The van der Waals surface area contributed by atoms with Gasteiger partial charge < -0.3 is 4.74 Å². The molecular formula is C8H6ClN3O3. The molecule has 0 unspecified atom stereocenters. The van der Waals surface area contributed by atoms with E-state index in [4.69, 9.17) is 21.6 Å². The minimum Gasteiger partial charge on any atom is -0.489 e. The predicted molar refractivity (Wildman–Crippen MR) is 51.9 cm³/mol. The Morgan fingerprint density at radius 2 is 2.27 bits per heavy atom. The first kappa shape index (κ1) is 11.2. The van der Waals surface area contributed by atoms with Crippen molar-refractivity contribution in [1.29, 1.82) is 5.26 Å². The third-order valence-electron chi connectivity index (χ3n) is 1.76. The molecule has 15 heavy (non-hydrogen) atoms. The van der Waals surface area contributed by atoms with Crippen LogP contribution in [0.1, 0.15) is 11.3 Å². The zero-order valence-corrected chi connectivity index (χ0v) is 8.70. The van der Waals surface area contributed by atoms with Crippen LogP contribution in [0.5, 0.6) is 5.75 Å². The maximum atomic E-state index is 10.7. The van der Waals surface area contributed by atoms with Crippen molar-refractivity contribution >= 4 is 17.3 Å². The molecule has 78 valence electrons. The monoisotopic (exact) mass is 227 g/mol. The number of ether oxygens (including phenoxy) is 1. The summed E-state index contributed by atoms with van der Waals surface area (Å²) in [7, 11) is 1.24. The summed E-state index contributed by atoms with van der Waals surface area (Å²) >= 11 is 5.65. The van der Waals surface area contributed by atoms with Gasteiger partial charge in [0.05, 0.1) is 12.0 Å². The van der Waals surface area contributed by atoms with Gasteiger partial charge in [-0.3, -0.25) is 10.1 Å². The van der Waals surface area contributed by atoms with Gasteiger partial charge in [0.2, 0.25) is 5.75 Å². The van der Waals surface area contributed by atoms with Crippen LogP contribution in [0.25, 0.3) is 0 Å². The van der Waals surface area contributed by atoms with Gasteiger partial charge in [0.1, 0.15) is 17.3 Å². The molecule has 0 aromatic carbocycles. The second-order valence-corrected chi connectivity index (χ2v) is 2.97. The number of nitriles is 1. The maximum absolute atomic E-state index is 10.7. The van der Waals surface area contributed by atoms with E-state index >= 15 is 0 Å². The Morgan fingerprint density at radius 3 is 2.67 bits per heavy atom. The Bertz CT molecular complexity index is 467. The van der Waals surface area contributed by atoms with Crippen molar-refractivity contribution in [3.63, 3.8) is 0 Å². The summed E-state index contributed by atoms with van der Waals surface area (Å²) in [6.07, 6.45) is 0. The molecule has 1 aromatic rings. The third kappa shape index (κ3) is 1.82. The zero-order chi connectivity index (χ0) is 11.6. The lowest BCUT2D eigenvalue weighted by Crippen LogP contribution is -2.02. The van der Waals surface area contributed by atoms with E-state index < -0.39 is 4.92 Å². The molecule has 0 saturated heterocycles. The van der Waals surface area contributed by atoms with E-state index in [0.717, 1.165) is 0 Å². The minimum absolute atomic E-state index is 0.0996. The average Bonchev–Trinajstić information content (AvgIpc) is 2.15. The van der Waals surface area contributed by atoms with Gasteiger partial charge in [-0.2, -0.15) is 5.26 Å². The van der Waals surface area contributed by atoms with Crippen molar-refractivity contribution in [2.45, 2.75) is 6.92 Å². The normalized spacial score (nSPS) is 9.47. The molecule has 1 rings (SSSR count). The van der Waals surface area contributed by atoms with E-state index in [1.165, 1.54) is 14.0 Å². The summed E-state index contributed by atoms with van der Waals surface area (Å²) in [5, 5.41) is 19.4. The molecule has 0 radical (unpaired) electrons. The lowest BCUT2D eigenvalue weighted by molar-refractivity contribution is -0.386. The van der Waals surface area contributed by atoms with Crippen LogP contribution >= 0.6 is 11.6 Å². The fraction of sp³-hybridized carbons (Fsp3) is 0.250. The van der Waals surface area contributed by atoms with Crippen molar-refractivity contribution < 1.29 is 9.66 Å². The number of nitro groups is 1. The molecule has 0 saturated carbocycles. The quantitative estimate of drug-likeness (QED) is 0.437. The van der Waals surface area contributed by atoms with Crippen LogP contribution in [0.4, 0.5) is 5.69 Å². The second-order valence-electron chi connectivity index (χ2n) is 2.61. The first-order chi connectivity index (χ1) is 7.02. The molecule has 0 aliphatic rings. The zero-order valence-electron chi connectivity index (χ0n) is 7.94. The summed E-state index contributed by atoms with van der Waals surface area (Å²) in [5.74, 6) is -0.153. The largest absolute Gasteiger partial charge is 0.489 e. The van der Waals surface area contributed by atoms with Gasteiger partial charge in [0.25, 0.3) is 0 Å². The lowest BCUT2D eigenvalue weighted by atomic mass is 10.2. The minimum atomic E-state index is -0.654. The first-order valence-corrected chi connectivity index (χ1v) is 4.19. The van der Waals surface area contributed by atoms with Crippen LogP contribution < -0.4 is 4.74 Å². The molecule has 0 aliphatic heterocycles. The van der Waals surface area contributed by atoms with E-state index in [0.29, 0.717) is 0 Å². The van der Waals surface area contributed by atoms with Crippen molar-refractivity contribution in [1.82, 2.24) is 4.98 Å². The van der Waals surface area contributed by atoms with Crippen molar-refractivity contribution in [2.75, 3.05) is 7.11 Å². The molecule has 6 nitrogen and oxygen atoms in total. The Labute approximate surface area is 90.2 Å². The summed E-state index contributed by atoms with van der Waals surface area (Å²) < 4.78 is 4.80. The predicted octanol–water partition coefficient (Wildman–Crippen LogP) is 1.83. The van der Waals surface area contributed by atoms with Gasteiger partial charge >= 0.3 is 5.69 Å². The van der Waals surface area contributed by atoms with Crippen molar-refractivity contribution in [3.8, 4) is 11.8 Å². The highest BCUT2D eigenvalue weighted by Gasteiger charge is 2.26. The molecule has 1 heterocycles. The van der Waals surface area contributed by atoms with Crippen LogP contribution in [0.3, 0.4) is 0 Å². The highest BCUT2D eigenvalue weighted by molar-refractivity contribution is 6.30. The number of aromatic nitrogens is 1. The van der Waals surface area contributed by atoms with E-state index in [1.807, 2.05) is 0 Å². The number of aryl methyl sites for hydroxylation is 1. The highest BCUT2D eigenvalue weighted by Crippen LogP contribution is 2.35. The molecule has 0 amide bonds. The first-order valence-electron chi connectivity index (χ1n) is 3.81. The number of hydrogen-bond donors (Lipinski definition) is 0. The SMILES string of the molecule is COc1c(C#N)c(Cl)nc(C)c1[N+](=O)[O-]. The van der Waals surface area contributed by atoms with Crippen LogP contribution in [-0.2, 0) is 0 Å². The molecule has 0 spiro atoms. The molecule has 0 atom stereocenters. The van der Waals surface area contributed by atoms with E-state index in [9.17, 15) is 10.1 Å². The van der Waals surface area contributed by atoms with Crippen molar-refractivity contribution in [2.24, 2.45) is 0 Å². The number of rotatable bonds is 2. The molecule has 7 heteroatoms. The molecule has 0 fully saturated rings. The number of methoxy groups -OCH3 is 1. The number of halogens is 1. The van der Waals surface area contributed by atoms with E-state index in [1.54, 1.807) is 6.07 Å². The topological polar surface area (TPSA) is 89.0 Å². The summed E-state index contributed by atoms with van der Waals surface area (Å²) in [4.78, 5) is 13.8. The van der Waals surface area contributed by atoms with Crippen molar-refractivity contribution in [3.05, 3.63) is 26.5 Å². The van der Waals surface area contributed by atoms with Gasteiger partial charge in [0.15, 0.2) is 5.15 Å². The highest BCUT2D eigenvalue weighted by atomic mass is 35.5. The Balaban J connectivity index is 3.66. The van der Waals surface area contributed by atoms with E-state index in [-0.39, 0.29) is 27.8 Å². The van der Waals surface area contributed by atoms with Crippen LogP contribution in [-0.4, -0.2) is 17.0 Å². The standard InChI is InChI=1S/C8H6ClN3O3/c1-4-6(12(13)14)7(15-2)5(3-10)8(9)11-4/h1-2H3. The second kappa shape index (κ2) is 4.11. The fourth-order valence-corrected chi connectivity index (χ4v) is 1.40. The molecule has 1 aromatic heterocycles. The van der Waals surface area contributed by atoms with Gasteiger partial charge in [-0.1, -0.05) is 11.6 Å². The Morgan fingerprint density at radius 1 is 1.67 bits per heavy atom. The molecule has 0 N–H and O–H groups in total. The molecule has 0 aliphatic carbocycles. The van der Waals surface area contributed by atoms with Gasteiger partial charge in [-0.15, -0.1) is 0 Å². The molecule has 0 bridgehead atoms.